The van der Waals surface area contributed by atoms with E-state index in [1.165, 1.54) is 15.9 Å². The molecule has 0 saturated heterocycles. The molecule has 20 heavy (non-hydrogen) atoms. The Bertz CT molecular complexity index is 807. The maximum absolute atomic E-state index is 11.8. The first-order valence-corrected chi connectivity index (χ1v) is 6.95. The van der Waals surface area contributed by atoms with Crippen molar-refractivity contribution in [3.05, 3.63) is 50.9 Å². The molecule has 2 heterocycles. The van der Waals surface area contributed by atoms with Crippen LogP contribution in [0.15, 0.2) is 29.1 Å². The normalized spacial score (nSPS) is 11.1. The van der Waals surface area contributed by atoms with Gasteiger partial charge in [0.15, 0.2) is 0 Å². The first kappa shape index (κ1) is 12.7. The lowest BCUT2D eigenvalue weighted by atomic mass is 10.1. The molecule has 0 unspecified atom stereocenters. The molecule has 0 aliphatic rings. The third-order valence-corrected chi connectivity index (χ3v) is 3.91. The molecule has 1 aromatic carbocycles. The minimum absolute atomic E-state index is 0.220. The lowest BCUT2D eigenvalue weighted by Gasteiger charge is -1.98. The molecule has 0 fully saturated rings. The number of phenols is 1. The molecule has 0 aliphatic carbocycles. The topological polar surface area (TPSA) is 80.4 Å². The van der Waals surface area contributed by atoms with Gasteiger partial charge in [-0.25, -0.2) is 0 Å². The fourth-order valence-electron chi connectivity index (χ4n) is 1.85. The third kappa shape index (κ3) is 2.39. The molecule has 3 rings (SSSR count). The maximum atomic E-state index is 11.8. The van der Waals surface area contributed by atoms with E-state index in [1.54, 1.807) is 19.1 Å². The number of fused-ring (bicyclic) bond motifs is 1. The van der Waals surface area contributed by atoms with Crippen LogP contribution in [0.5, 0.6) is 5.75 Å². The number of nitrogens with zero attached hydrogens (tertiary/aromatic N) is 4. The van der Waals surface area contributed by atoms with Gasteiger partial charge in [0.05, 0.1) is 0 Å². The molecular weight excluding hydrogens is 276 g/mol. The van der Waals surface area contributed by atoms with E-state index in [0.29, 0.717) is 10.7 Å². The minimum Gasteiger partial charge on any atom is -0.508 e. The highest BCUT2D eigenvalue weighted by Gasteiger charge is 2.09. The van der Waals surface area contributed by atoms with E-state index < -0.39 is 0 Å². The van der Waals surface area contributed by atoms with Gasteiger partial charge in [-0.05, 0) is 31.0 Å². The lowest BCUT2D eigenvalue weighted by molar-refractivity contribution is 0.475. The lowest BCUT2D eigenvalue weighted by Crippen LogP contribution is -2.19. The Morgan fingerprint density at radius 3 is 2.70 bits per heavy atom. The fraction of sp³-hybridized carbons (Fsp3) is 0.231. The molecule has 102 valence electrons. The number of rotatable bonds is 3. The standard InChI is InChI=1S/C13H12N4O2S/c1-8-12(19)17-13(15-14-8)20-11(16-17)7-4-9-2-5-10(18)6-3-9/h2-3,5-6,18H,4,7H2,1H3. The van der Waals surface area contributed by atoms with Gasteiger partial charge < -0.3 is 5.11 Å². The minimum atomic E-state index is -0.220. The molecule has 0 saturated carbocycles. The van der Waals surface area contributed by atoms with Gasteiger partial charge in [-0.2, -0.15) is 9.61 Å². The molecule has 7 heteroatoms. The molecular formula is C13H12N4O2S. The first-order chi connectivity index (χ1) is 9.63. The summed E-state index contributed by atoms with van der Waals surface area (Å²) in [5.41, 5.74) is 1.23. The van der Waals surface area contributed by atoms with Crippen LogP contribution in [0.4, 0.5) is 0 Å². The van der Waals surface area contributed by atoms with Gasteiger partial charge in [0.25, 0.3) is 5.56 Å². The van der Waals surface area contributed by atoms with Crippen LogP contribution in [0.3, 0.4) is 0 Å². The van der Waals surface area contributed by atoms with Gasteiger partial charge in [-0.1, -0.05) is 23.5 Å². The smallest absolute Gasteiger partial charge is 0.296 e. The van der Waals surface area contributed by atoms with Gasteiger partial charge in [-0.3, -0.25) is 4.79 Å². The number of aromatic hydroxyl groups is 1. The molecule has 3 aromatic rings. The van der Waals surface area contributed by atoms with Crippen LogP contribution in [0.25, 0.3) is 4.96 Å². The molecule has 0 bridgehead atoms. The summed E-state index contributed by atoms with van der Waals surface area (Å²) in [5.74, 6) is 0.256. The Kier molecular flexibility index (Phi) is 3.19. The van der Waals surface area contributed by atoms with Crippen LogP contribution in [0, 0.1) is 6.92 Å². The Morgan fingerprint density at radius 2 is 1.95 bits per heavy atom. The van der Waals surface area contributed by atoms with Gasteiger partial charge in [0.1, 0.15) is 16.5 Å². The van der Waals surface area contributed by atoms with E-state index >= 15 is 0 Å². The molecule has 0 aliphatic heterocycles. The van der Waals surface area contributed by atoms with Crippen molar-refractivity contribution < 1.29 is 5.11 Å². The van der Waals surface area contributed by atoms with Crippen molar-refractivity contribution in [1.82, 2.24) is 19.8 Å². The second-order valence-corrected chi connectivity index (χ2v) is 5.49. The fourth-order valence-corrected chi connectivity index (χ4v) is 2.68. The van der Waals surface area contributed by atoms with E-state index in [4.69, 9.17) is 0 Å². The highest BCUT2D eigenvalue weighted by Crippen LogP contribution is 2.15. The first-order valence-electron chi connectivity index (χ1n) is 6.13. The van der Waals surface area contributed by atoms with Crippen LogP contribution >= 0.6 is 11.3 Å². The van der Waals surface area contributed by atoms with E-state index in [2.05, 4.69) is 15.3 Å². The van der Waals surface area contributed by atoms with Crippen molar-refractivity contribution in [3.8, 4) is 5.75 Å². The van der Waals surface area contributed by atoms with Crippen LogP contribution < -0.4 is 5.56 Å². The summed E-state index contributed by atoms with van der Waals surface area (Å²) in [7, 11) is 0. The average Bonchev–Trinajstić information content (AvgIpc) is 2.86. The van der Waals surface area contributed by atoms with Crippen LogP contribution in [0.2, 0.25) is 0 Å². The number of aromatic nitrogens is 4. The Balaban J connectivity index is 1.83. The number of phenolic OH excluding ortho intramolecular Hbond substituents is 1. The van der Waals surface area contributed by atoms with Crippen molar-refractivity contribution in [1.29, 1.82) is 0 Å². The number of benzene rings is 1. The predicted molar refractivity (Wildman–Crippen MR) is 75.2 cm³/mol. The van der Waals surface area contributed by atoms with E-state index in [9.17, 15) is 9.90 Å². The van der Waals surface area contributed by atoms with Crippen molar-refractivity contribution in [2.45, 2.75) is 19.8 Å². The molecule has 0 radical (unpaired) electrons. The highest BCUT2D eigenvalue weighted by molar-refractivity contribution is 7.16. The summed E-state index contributed by atoms with van der Waals surface area (Å²) in [6.07, 6.45) is 1.51. The van der Waals surface area contributed by atoms with Crippen molar-refractivity contribution in [3.63, 3.8) is 0 Å². The predicted octanol–water partition coefficient (Wildman–Crippen LogP) is 1.35. The van der Waals surface area contributed by atoms with Gasteiger partial charge >= 0.3 is 0 Å². The van der Waals surface area contributed by atoms with Crippen LogP contribution in [-0.4, -0.2) is 24.9 Å². The second-order valence-electron chi connectivity index (χ2n) is 4.45. The zero-order chi connectivity index (χ0) is 14.1. The number of aryl methyl sites for hydroxylation is 3. The summed E-state index contributed by atoms with van der Waals surface area (Å²) in [5, 5.41) is 22.1. The Morgan fingerprint density at radius 1 is 1.20 bits per heavy atom. The molecule has 0 atom stereocenters. The van der Waals surface area contributed by atoms with E-state index in [1.807, 2.05) is 12.1 Å². The summed E-state index contributed by atoms with van der Waals surface area (Å²) in [4.78, 5) is 12.3. The van der Waals surface area contributed by atoms with Gasteiger partial charge in [0, 0.05) is 6.42 Å². The van der Waals surface area contributed by atoms with Crippen molar-refractivity contribution in [2.75, 3.05) is 0 Å². The Labute approximate surface area is 118 Å². The monoisotopic (exact) mass is 288 g/mol. The van der Waals surface area contributed by atoms with E-state index in [0.717, 1.165) is 23.4 Å². The molecule has 6 nitrogen and oxygen atoms in total. The molecule has 0 spiro atoms. The highest BCUT2D eigenvalue weighted by atomic mass is 32.1. The SMILES string of the molecule is Cc1nnc2sc(CCc3ccc(O)cc3)nn2c1=O. The summed E-state index contributed by atoms with van der Waals surface area (Å²) >= 11 is 1.37. The number of hydrogen-bond donors (Lipinski definition) is 1. The van der Waals surface area contributed by atoms with Gasteiger partial charge in [-0.15, -0.1) is 10.2 Å². The largest absolute Gasteiger partial charge is 0.508 e. The number of hydrogen-bond acceptors (Lipinski definition) is 6. The third-order valence-electron chi connectivity index (χ3n) is 2.95. The van der Waals surface area contributed by atoms with Gasteiger partial charge in [0.2, 0.25) is 4.96 Å². The molecule has 0 amide bonds. The second kappa shape index (κ2) is 5.01. The quantitative estimate of drug-likeness (QED) is 0.786. The summed E-state index contributed by atoms with van der Waals surface area (Å²) in [6, 6.07) is 7.07. The average molecular weight is 288 g/mol. The van der Waals surface area contributed by atoms with E-state index in [-0.39, 0.29) is 11.3 Å². The van der Waals surface area contributed by atoms with Crippen molar-refractivity contribution >= 4 is 16.3 Å². The van der Waals surface area contributed by atoms with Crippen LogP contribution in [-0.2, 0) is 12.8 Å². The molecule has 1 N–H and O–H groups in total. The van der Waals surface area contributed by atoms with Crippen LogP contribution in [0.1, 0.15) is 16.3 Å². The molecule has 2 aromatic heterocycles. The zero-order valence-electron chi connectivity index (χ0n) is 10.8. The maximum Gasteiger partial charge on any atom is 0.296 e. The zero-order valence-corrected chi connectivity index (χ0v) is 11.6. The Hall–Kier alpha value is -2.28. The van der Waals surface area contributed by atoms with Crippen molar-refractivity contribution in [2.24, 2.45) is 0 Å². The summed E-state index contributed by atoms with van der Waals surface area (Å²) < 4.78 is 1.30. The summed E-state index contributed by atoms with van der Waals surface area (Å²) in [6.45, 7) is 1.62.